The maximum Gasteiger partial charge on any atom is 0.225 e. The SMILES string of the molecule is COC(CN)CC(=O)N(C)Cc1csc2ccccc12. The molecule has 1 heterocycles. The first kappa shape index (κ1) is 15.0. The Labute approximate surface area is 123 Å². The quantitative estimate of drug-likeness (QED) is 0.888. The van der Waals surface area contributed by atoms with Gasteiger partial charge < -0.3 is 15.4 Å². The largest absolute Gasteiger partial charge is 0.380 e. The van der Waals surface area contributed by atoms with Crippen molar-refractivity contribution in [2.24, 2.45) is 5.73 Å². The highest BCUT2D eigenvalue weighted by atomic mass is 32.1. The fourth-order valence-corrected chi connectivity index (χ4v) is 3.07. The molecule has 2 rings (SSSR count). The highest BCUT2D eigenvalue weighted by Crippen LogP contribution is 2.26. The Morgan fingerprint density at radius 3 is 2.90 bits per heavy atom. The van der Waals surface area contributed by atoms with Crippen LogP contribution in [0.1, 0.15) is 12.0 Å². The molecular formula is C15H20N2O2S. The summed E-state index contributed by atoms with van der Waals surface area (Å²) in [6, 6.07) is 8.25. The summed E-state index contributed by atoms with van der Waals surface area (Å²) in [5.74, 6) is 0.0533. The molecule has 1 aromatic heterocycles. The molecule has 0 aliphatic rings. The number of nitrogens with zero attached hydrogens (tertiary/aromatic N) is 1. The number of rotatable bonds is 6. The summed E-state index contributed by atoms with van der Waals surface area (Å²) < 4.78 is 6.41. The third kappa shape index (κ3) is 3.36. The van der Waals surface area contributed by atoms with Crippen LogP contribution in [0.5, 0.6) is 0 Å². The summed E-state index contributed by atoms with van der Waals surface area (Å²) in [7, 11) is 3.40. The van der Waals surface area contributed by atoms with E-state index in [4.69, 9.17) is 10.5 Å². The van der Waals surface area contributed by atoms with Gasteiger partial charge >= 0.3 is 0 Å². The molecule has 1 atom stereocenters. The predicted molar refractivity (Wildman–Crippen MR) is 82.8 cm³/mol. The second-order valence-corrected chi connectivity index (χ2v) is 5.72. The van der Waals surface area contributed by atoms with Crippen LogP contribution in [-0.4, -0.2) is 37.6 Å². The van der Waals surface area contributed by atoms with Crippen LogP contribution in [-0.2, 0) is 16.1 Å². The highest BCUT2D eigenvalue weighted by molar-refractivity contribution is 7.17. The number of ether oxygens (including phenoxy) is 1. The fourth-order valence-electron chi connectivity index (χ4n) is 2.11. The molecule has 0 aliphatic carbocycles. The summed E-state index contributed by atoms with van der Waals surface area (Å²) >= 11 is 1.71. The molecule has 0 spiro atoms. The van der Waals surface area contributed by atoms with E-state index in [-0.39, 0.29) is 12.0 Å². The van der Waals surface area contributed by atoms with Crippen LogP contribution in [0, 0.1) is 0 Å². The molecule has 108 valence electrons. The zero-order chi connectivity index (χ0) is 14.5. The fraction of sp³-hybridized carbons (Fsp3) is 0.400. The number of carbonyl (C=O) groups excluding carboxylic acids is 1. The van der Waals surface area contributed by atoms with Crippen LogP contribution >= 0.6 is 11.3 Å². The molecule has 1 aromatic carbocycles. The Bertz CT molecular complexity index is 578. The molecule has 0 aliphatic heterocycles. The maximum absolute atomic E-state index is 12.1. The van der Waals surface area contributed by atoms with E-state index in [0.717, 1.165) is 0 Å². The van der Waals surface area contributed by atoms with E-state index in [1.807, 2.05) is 19.2 Å². The smallest absolute Gasteiger partial charge is 0.225 e. The summed E-state index contributed by atoms with van der Waals surface area (Å²) in [4.78, 5) is 13.9. The zero-order valence-corrected chi connectivity index (χ0v) is 12.7. The third-order valence-corrected chi connectivity index (χ3v) is 4.41. The van der Waals surface area contributed by atoms with E-state index in [2.05, 4.69) is 17.5 Å². The van der Waals surface area contributed by atoms with Gasteiger partial charge in [0.15, 0.2) is 0 Å². The van der Waals surface area contributed by atoms with Gasteiger partial charge in [0.2, 0.25) is 5.91 Å². The predicted octanol–water partition coefficient (Wildman–Crippen LogP) is 2.22. The van der Waals surface area contributed by atoms with Crippen molar-refractivity contribution in [2.45, 2.75) is 19.1 Å². The van der Waals surface area contributed by atoms with Crippen molar-refractivity contribution in [3.05, 3.63) is 35.2 Å². The number of carbonyl (C=O) groups is 1. The number of amides is 1. The van der Waals surface area contributed by atoms with E-state index in [1.165, 1.54) is 15.6 Å². The molecule has 5 heteroatoms. The van der Waals surface area contributed by atoms with Gasteiger partial charge in [0.05, 0.1) is 12.5 Å². The molecular weight excluding hydrogens is 272 g/mol. The van der Waals surface area contributed by atoms with Crippen LogP contribution < -0.4 is 5.73 Å². The number of hydrogen-bond donors (Lipinski definition) is 1. The molecule has 0 radical (unpaired) electrons. The highest BCUT2D eigenvalue weighted by Gasteiger charge is 2.16. The van der Waals surface area contributed by atoms with Crippen molar-refractivity contribution in [1.29, 1.82) is 0 Å². The second-order valence-electron chi connectivity index (χ2n) is 4.80. The first-order valence-corrected chi connectivity index (χ1v) is 7.45. The molecule has 0 saturated carbocycles. The van der Waals surface area contributed by atoms with Gasteiger partial charge in [0, 0.05) is 31.9 Å². The van der Waals surface area contributed by atoms with Gasteiger partial charge in [-0.05, 0) is 22.4 Å². The van der Waals surface area contributed by atoms with Crippen molar-refractivity contribution < 1.29 is 9.53 Å². The summed E-state index contributed by atoms with van der Waals surface area (Å²) in [6.45, 7) is 0.974. The van der Waals surface area contributed by atoms with E-state index in [0.29, 0.717) is 19.5 Å². The van der Waals surface area contributed by atoms with Crippen LogP contribution in [0.3, 0.4) is 0 Å². The molecule has 1 unspecified atom stereocenters. The Kier molecular flexibility index (Phi) is 5.11. The van der Waals surface area contributed by atoms with Crippen molar-refractivity contribution in [3.63, 3.8) is 0 Å². The van der Waals surface area contributed by atoms with Gasteiger partial charge in [0.1, 0.15) is 0 Å². The number of benzene rings is 1. The minimum absolute atomic E-state index is 0.0533. The van der Waals surface area contributed by atoms with E-state index >= 15 is 0 Å². The monoisotopic (exact) mass is 292 g/mol. The second kappa shape index (κ2) is 6.83. The average Bonchev–Trinajstić information content (AvgIpc) is 2.87. The van der Waals surface area contributed by atoms with Crippen LogP contribution in [0.15, 0.2) is 29.6 Å². The first-order chi connectivity index (χ1) is 9.65. The minimum Gasteiger partial charge on any atom is -0.380 e. The maximum atomic E-state index is 12.1. The van der Waals surface area contributed by atoms with E-state index in [9.17, 15) is 4.79 Å². The lowest BCUT2D eigenvalue weighted by molar-refractivity contribution is -0.132. The van der Waals surface area contributed by atoms with Crippen molar-refractivity contribution in [1.82, 2.24) is 4.90 Å². The van der Waals surface area contributed by atoms with E-state index < -0.39 is 0 Å². The minimum atomic E-state index is -0.204. The zero-order valence-electron chi connectivity index (χ0n) is 11.8. The normalized spacial score (nSPS) is 12.6. The standard InChI is InChI=1S/C15H20N2O2S/c1-17(15(18)7-12(8-16)19-2)9-11-10-20-14-6-4-3-5-13(11)14/h3-6,10,12H,7-9,16H2,1-2H3. The van der Waals surface area contributed by atoms with Gasteiger partial charge in [-0.25, -0.2) is 0 Å². The van der Waals surface area contributed by atoms with Gasteiger partial charge in [-0.1, -0.05) is 18.2 Å². The lowest BCUT2D eigenvalue weighted by Crippen LogP contribution is -2.33. The van der Waals surface area contributed by atoms with Crippen molar-refractivity contribution >= 4 is 27.3 Å². The molecule has 1 amide bonds. The number of thiophene rings is 1. The Balaban J connectivity index is 2.04. The molecule has 4 nitrogen and oxygen atoms in total. The van der Waals surface area contributed by atoms with E-state index in [1.54, 1.807) is 23.3 Å². The molecule has 20 heavy (non-hydrogen) atoms. The number of methoxy groups -OCH3 is 1. The van der Waals surface area contributed by atoms with Gasteiger partial charge in [0.25, 0.3) is 0 Å². The van der Waals surface area contributed by atoms with Crippen LogP contribution in [0.25, 0.3) is 10.1 Å². The van der Waals surface area contributed by atoms with Gasteiger partial charge in [-0.3, -0.25) is 4.79 Å². The van der Waals surface area contributed by atoms with Crippen LogP contribution in [0.4, 0.5) is 0 Å². The van der Waals surface area contributed by atoms with Gasteiger partial charge in [-0.2, -0.15) is 0 Å². The lowest BCUT2D eigenvalue weighted by Gasteiger charge is -2.20. The molecule has 0 fully saturated rings. The first-order valence-electron chi connectivity index (χ1n) is 6.57. The number of nitrogens with two attached hydrogens (primary N) is 1. The van der Waals surface area contributed by atoms with Crippen LogP contribution in [0.2, 0.25) is 0 Å². The van der Waals surface area contributed by atoms with Crippen molar-refractivity contribution in [3.8, 4) is 0 Å². The van der Waals surface area contributed by atoms with Gasteiger partial charge in [-0.15, -0.1) is 11.3 Å². The van der Waals surface area contributed by atoms with Crippen molar-refractivity contribution in [2.75, 3.05) is 20.7 Å². The topological polar surface area (TPSA) is 55.6 Å². The Hall–Kier alpha value is -1.43. The number of fused-ring (bicyclic) bond motifs is 1. The Morgan fingerprint density at radius 1 is 1.45 bits per heavy atom. The molecule has 2 aromatic rings. The molecule has 0 bridgehead atoms. The average molecular weight is 292 g/mol. The molecule has 2 N–H and O–H groups in total. The summed E-state index contributed by atoms with van der Waals surface area (Å²) in [6.07, 6.45) is 0.120. The number of hydrogen-bond acceptors (Lipinski definition) is 4. The summed E-state index contributed by atoms with van der Waals surface area (Å²) in [5, 5.41) is 3.34. The molecule has 0 saturated heterocycles. The Morgan fingerprint density at radius 2 is 2.20 bits per heavy atom. The summed E-state index contributed by atoms with van der Waals surface area (Å²) in [5.41, 5.74) is 6.73. The lowest BCUT2D eigenvalue weighted by atomic mass is 10.1. The third-order valence-electron chi connectivity index (χ3n) is 3.39.